The van der Waals surface area contributed by atoms with Crippen LogP contribution in [0.15, 0.2) is 34.8 Å². The van der Waals surface area contributed by atoms with Crippen molar-refractivity contribution in [1.82, 2.24) is 0 Å². The highest BCUT2D eigenvalue weighted by molar-refractivity contribution is 9.10. The van der Waals surface area contributed by atoms with Crippen LogP contribution >= 0.6 is 27.5 Å². The lowest BCUT2D eigenvalue weighted by atomic mass is 10.2. The quantitative estimate of drug-likeness (QED) is 0.848. The first-order chi connectivity index (χ1) is 10.1. The van der Waals surface area contributed by atoms with E-state index >= 15 is 0 Å². The highest BCUT2D eigenvalue weighted by Gasteiger charge is 2.12. The monoisotopic (exact) mass is 366 g/mol. The molecule has 0 aliphatic heterocycles. The van der Waals surface area contributed by atoms with Crippen molar-refractivity contribution in [3.8, 4) is 17.6 Å². The second kappa shape index (κ2) is 6.70. The van der Waals surface area contributed by atoms with Gasteiger partial charge in [0.15, 0.2) is 0 Å². The Bertz CT molecular complexity index is 714. The van der Waals surface area contributed by atoms with Gasteiger partial charge in [-0.15, -0.1) is 0 Å². The predicted octanol–water partition coefficient (Wildman–Crippen LogP) is 4.73. The molecule has 0 aromatic heterocycles. The Morgan fingerprint density at radius 1 is 1.14 bits per heavy atom. The highest BCUT2D eigenvalue weighted by Crippen LogP contribution is 2.38. The van der Waals surface area contributed by atoms with Crippen molar-refractivity contribution in [1.29, 1.82) is 5.26 Å². The SMILES string of the molecule is COc1cc(OC)c(Nc2cccc(Br)c2C#N)cc1Cl. The Morgan fingerprint density at radius 2 is 1.86 bits per heavy atom. The molecule has 0 aliphatic carbocycles. The van der Waals surface area contributed by atoms with Crippen molar-refractivity contribution in [3.05, 3.63) is 45.4 Å². The van der Waals surface area contributed by atoms with Gasteiger partial charge in [-0.2, -0.15) is 5.26 Å². The first kappa shape index (κ1) is 15.5. The van der Waals surface area contributed by atoms with E-state index in [0.29, 0.717) is 37.9 Å². The highest BCUT2D eigenvalue weighted by atomic mass is 79.9. The van der Waals surface area contributed by atoms with Crippen LogP contribution in [0, 0.1) is 11.3 Å². The van der Waals surface area contributed by atoms with E-state index in [4.69, 9.17) is 21.1 Å². The van der Waals surface area contributed by atoms with Crippen molar-refractivity contribution in [2.75, 3.05) is 19.5 Å². The van der Waals surface area contributed by atoms with Gasteiger partial charge in [-0.1, -0.05) is 17.7 Å². The van der Waals surface area contributed by atoms with Crippen molar-refractivity contribution in [2.24, 2.45) is 0 Å². The average Bonchev–Trinajstić information content (AvgIpc) is 2.48. The number of ether oxygens (including phenoxy) is 2. The molecular weight excluding hydrogens is 356 g/mol. The van der Waals surface area contributed by atoms with Gasteiger partial charge in [-0.25, -0.2) is 0 Å². The summed E-state index contributed by atoms with van der Waals surface area (Å²) in [4.78, 5) is 0. The van der Waals surface area contributed by atoms with Crippen LogP contribution in [-0.4, -0.2) is 14.2 Å². The second-order valence-electron chi connectivity index (χ2n) is 4.09. The van der Waals surface area contributed by atoms with Gasteiger partial charge in [0.1, 0.15) is 17.6 Å². The van der Waals surface area contributed by atoms with Crippen LogP contribution < -0.4 is 14.8 Å². The van der Waals surface area contributed by atoms with Gasteiger partial charge in [0, 0.05) is 10.5 Å². The summed E-state index contributed by atoms with van der Waals surface area (Å²) in [6.07, 6.45) is 0. The van der Waals surface area contributed by atoms with E-state index in [-0.39, 0.29) is 0 Å². The molecule has 6 heteroatoms. The Hall–Kier alpha value is -1.90. The molecule has 0 atom stereocenters. The van der Waals surface area contributed by atoms with E-state index in [1.54, 1.807) is 25.3 Å². The maximum absolute atomic E-state index is 9.24. The van der Waals surface area contributed by atoms with E-state index in [2.05, 4.69) is 27.3 Å². The van der Waals surface area contributed by atoms with Crippen LogP contribution in [0.1, 0.15) is 5.56 Å². The minimum absolute atomic E-state index is 0.453. The molecule has 0 aliphatic rings. The van der Waals surface area contributed by atoms with Crippen LogP contribution in [0.5, 0.6) is 11.5 Å². The molecule has 0 fully saturated rings. The Kier molecular flexibility index (Phi) is 4.94. The number of hydrogen-bond donors (Lipinski definition) is 1. The lowest BCUT2D eigenvalue weighted by Gasteiger charge is -2.15. The van der Waals surface area contributed by atoms with Crippen molar-refractivity contribution >= 4 is 38.9 Å². The summed E-state index contributed by atoms with van der Waals surface area (Å²) < 4.78 is 11.2. The molecule has 4 nitrogen and oxygen atoms in total. The molecule has 2 aromatic carbocycles. The number of hydrogen-bond acceptors (Lipinski definition) is 4. The topological polar surface area (TPSA) is 54.3 Å². The first-order valence-electron chi connectivity index (χ1n) is 5.98. The van der Waals surface area contributed by atoms with Crippen molar-refractivity contribution in [3.63, 3.8) is 0 Å². The Balaban J connectivity index is 2.47. The lowest BCUT2D eigenvalue weighted by molar-refractivity contribution is 0.396. The van der Waals surface area contributed by atoms with E-state index in [1.165, 1.54) is 7.11 Å². The number of rotatable bonds is 4. The van der Waals surface area contributed by atoms with E-state index in [0.717, 1.165) is 0 Å². The molecule has 0 bridgehead atoms. The lowest BCUT2D eigenvalue weighted by Crippen LogP contribution is -1.98. The summed E-state index contributed by atoms with van der Waals surface area (Å²) in [5, 5.41) is 12.9. The minimum atomic E-state index is 0.453. The number of nitrogens with zero attached hydrogens (tertiary/aromatic N) is 1. The number of nitriles is 1. The fraction of sp³-hybridized carbons (Fsp3) is 0.133. The predicted molar refractivity (Wildman–Crippen MR) is 86.7 cm³/mol. The normalized spacial score (nSPS) is 9.86. The standard InChI is InChI=1S/C15H12BrClN2O2/c1-20-14-7-15(21-2)13(6-11(14)17)19-12-5-3-4-10(16)9(12)8-18/h3-7,19H,1-2H3. The van der Waals surface area contributed by atoms with Gasteiger partial charge >= 0.3 is 0 Å². The second-order valence-corrected chi connectivity index (χ2v) is 5.35. The van der Waals surface area contributed by atoms with E-state index in [9.17, 15) is 5.26 Å². The zero-order chi connectivity index (χ0) is 15.4. The number of anilines is 2. The molecule has 2 aromatic rings. The van der Waals surface area contributed by atoms with E-state index < -0.39 is 0 Å². The van der Waals surface area contributed by atoms with Crippen molar-refractivity contribution < 1.29 is 9.47 Å². The fourth-order valence-corrected chi connectivity index (χ4v) is 2.54. The molecule has 0 unspecified atom stereocenters. The molecule has 0 amide bonds. The maximum Gasteiger partial charge on any atom is 0.146 e. The van der Waals surface area contributed by atoms with Gasteiger partial charge < -0.3 is 14.8 Å². The molecule has 2 rings (SSSR count). The average molecular weight is 368 g/mol. The number of benzene rings is 2. The third-order valence-electron chi connectivity index (χ3n) is 2.87. The van der Waals surface area contributed by atoms with Crippen LogP contribution in [0.4, 0.5) is 11.4 Å². The Morgan fingerprint density at radius 3 is 2.48 bits per heavy atom. The molecule has 108 valence electrons. The summed E-state index contributed by atoms with van der Waals surface area (Å²) >= 11 is 9.49. The van der Waals surface area contributed by atoms with Crippen LogP contribution in [0.25, 0.3) is 0 Å². The fourth-order valence-electron chi connectivity index (χ4n) is 1.84. The molecule has 0 saturated heterocycles. The summed E-state index contributed by atoms with van der Waals surface area (Å²) in [6, 6.07) is 11.0. The molecule has 0 spiro atoms. The first-order valence-corrected chi connectivity index (χ1v) is 7.15. The van der Waals surface area contributed by atoms with E-state index in [1.807, 2.05) is 12.1 Å². The summed E-state index contributed by atoms with van der Waals surface area (Å²) in [7, 11) is 3.09. The van der Waals surface area contributed by atoms with Gasteiger partial charge in [-0.05, 0) is 34.1 Å². The Labute approximate surface area is 136 Å². The van der Waals surface area contributed by atoms with Crippen molar-refractivity contribution in [2.45, 2.75) is 0 Å². The largest absolute Gasteiger partial charge is 0.495 e. The third-order valence-corrected chi connectivity index (χ3v) is 3.82. The molecule has 21 heavy (non-hydrogen) atoms. The summed E-state index contributed by atoms with van der Waals surface area (Å²) in [6.45, 7) is 0. The zero-order valence-corrected chi connectivity index (χ0v) is 13.7. The van der Waals surface area contributed by atoms with Gasteiger partial charge in [-0.3, -0.25) is 0 Å². The molecule has 0 radical (unpaired) electrons. The van der Waals surface area contributed by atoms with Crippen LogP contribution in [0.3, 0.4) is 0 Å². The minimum Gasteiger partial charge on any atom is -0.495 e. The smallest absolute Gasteiger partial charge is 0.146 e. The number of nitrogens with one attached hydrogen (secondary N) is 1. The molecule has 1 N–H and O–H groups in total. The van der Waals surface area contributed by atoms with Crippen LogP contribution in [-0.2, 0) is 0 Å². The van der Waals surface area contributed by atoms with Gasteiger partial charge in [0.2, 0.25) is 0 Å². The molecule has 0 heterocycles. The van der Waals surface area contributed by atoms with Gasteiger partial charge in [0.25, 0.3) is 0 Å². The molecular formula is C15H12BrClN2O2. The number of methoxy groups -OCH3 is 2. The van der Waals surface area contributed by atoms with Gasteiger partial charge in [0.05, 0.1) is 36.2 Å². The third kappa shape index (κ3) is 3.23. The number of halogens is 2. The summed E-state index contributed by atoms with van der Waals surface area (Å²) in [5.74, 6) is 1.09. The molecule has 0 saturated carbocycles. The maximum atomic E-state index is 9.24. The zero-order valence-electron chi connectivity index (χ0n) is 11.4. The van der Waals surface area contributed by atoms with Crippen LogP contribution in [0.2, 0.25) is 5.02 Å². The summed E-state index contributed by atoms with van der Waals surface area (Å²) in [5.41, 5.74) is 1.82.